The Morgan fingerprint density at radius 2 is 2.47 bits per heavy atom. The summed E-state index contributed by atoms with van der Waals surface area (Å²) in [4.78, 5) is 4.29. The highest BCUT2D eigenvalue weighted by Gasteiger charge is 2.16. The quantitative estimate of drug-likeness (QED) is 0.809. The van der Waals surface area contributed by atoms with Crippen LogP contribution in [0.2, 0.25) is 0 Å². The smallest absolute Gasteiger partial charge is 0.164 e. The SMILES string of the molecule is CC(C)CNCc1ncn(CC2CCCO2)n1. The predicted octanol–water partition coefficient (Wildman–Crippen LogP) is 1.20. The van der Waals surface area contributed by atoms with Crippen LogP contribution in [0, 0.1) is 5.92 Å². The molecule has 1 N–H and O–H groups in total. The van der Waals surface area contributed by atoms with Crippen LogP contribution in [-0.4, -0.2) is 34.0 Å². The zero-order valence-corrected chi connectivity index (χ0v) is 10.7. The van der Waals surface area contributed by atoms with Crippen molar-refractivity contribution in [1.82, 2.24) is 20.1 Å². The van der Waals surface area contributed by atoms with E-state index in [9.17, 15) is 0 Å². The Hall–Kier alpha value is -0.940. The molecule has 0 radical (unpaired) electrons. The van der Waals surface area contributed by atoms with Crippen LogP contribution in [-0.2, 0) is 17.8 Å². The molecule has 1 aromatic rings. The monoisotopic (exact) mass is 238 g/mol. The molecule has 2 rings (SSSR count). The lowest BCUT2D eigenvalue weighted by atomic mass is 10.2. The van der Waals surface area contributed by atoms with E-state index in [1.54, 1.807) is 6.33 Å². The first-order chi connectivity index (χ1) is 8.24. The Morgan fingerprint density at radius 3 is 3.18 bits per heavy atom. The van der Waals surface area contributed by atoms with Crippen LogP contribution >= 0.6 is 0 Å². The summed E-state index contributed by atoms with van der Waals surface area (Å²) in [5.74, 6) is 1.52. The normalized spacial score (nSPS) is 20.3. The van der Waals surface area contributed by atoms with Gasteiger partial charge >= 0.3 is 0 Å². The van der Waals surface area contributed by atoms with Gasteiger partial charge in [0.2, 0.25) is 0 Å². The topological polar surface area (TPSA) is 52.0 Å². The fourth-order valence-electron chi connectivity index (χ4n) is 1.97. The molecule has 96 valence electrons. The highest BCUT2D eigenvalue weighted by Crippen LogP contribution is 2.13. The van der Waals surface area contributed by atoms with Gasteiger partial charge < -0.3 is 10.1 Å². The van der Waals surface area contributed by atoms with E-state index in [2.05, 4.69) is 29.2 Å². The van der Waals surface area contributed by atoms with E-state index in [-0.39, 0.29) is 0 Å². The Balaban J connectivity index is 1.75. The standard InChI is InChI=1S/C12H22N4O/c1-10(2)6-13-7-12-14-9-16(15-12)8-11-4-3-5-17-11/h9-11,13H,3-8H2,1-2H3. The van der Waals surface area contributed by atoms with Crippen molar-refractivity contribution in [3.05, 3.63) is 12.2 Å². The second-order valence-corrected chi connectivity index (χ2v) is 5.04. The van der Waals surface area contributed by atoms with Crippen LogP contribution in [0.4, 0.5) is 0 Å². The van der Waals surface area contributed by atoms with Crippen LogP contribution in [0.1, 0.15) is 32.5 Å². The Morgan fingerprint density at radius 1 is 1.59 bits per heavy atom. The van der Waals surface area contributed by atoms with Gasteiger partial charge in [0.15, 0.2) is 5.82 Å². The third-order valence-electron chi connectivity index (χ3n) is 2.83. The largest absolute Gasteiger partial charge is 0.376 e. The zero-order chi connectivity index (χ0) is 12.1. The molecule has 0 spiro atoms. The first kappa shape index (κ1) is 12.5. The highest BCUT2D eigenvalue weighted by molar-refractivity contribution is 4.81. The number of aromatic nitrogens is 3. The van der Waals surface area contributed by atoms with E-state index in [0.717, 1.165) is 38.5 Å². The molecule has 5 nitrogen and oxygen atoms in total. The molecule has 0 saturated carbocycles. The first-order valence-corrected chi connectivity index (χ1v) is 6.44. The average molecular weight is 238 g/mol. The van der Waals surface area contributed by atoms with Gasteiger partial charge in [0, 0.05) is 6.61 Å². The van der Waals surface area contributed by atoms with Gasteiger partial charge in [-0.25, -0.2) is 4.98 Å². The van der Waals surface area contributed by atoms with Gasteiger partial charge in [-0.1, -0.05) is 13.8 Å². The van der Waals surface area contributed by atoms with Gasteiger partial charge in [0.1, 0.15) is 6.33 Å². The number of hydrogen-bond donors (Lipinski definition) is 1. The van der Waals surface area contributed by atoms with E-state index in [0.29, 0.717) is 12.0 Å². The lowest BCUT2D eigenvalue weighted by Crippen LogP contribution is -2.20. The fraction of sp³-hybridized carbons (Fsp3) is 0.833. The van der Waals surface area contributed by atoms with Crippen LogP contribution in [0.3, 0.4) is 0 Å². The molecular weight excluding hydrogens is 216 g/mol. The number of rotatable bonds is 6. The lowest BCUT2D eigenvalue weighted by Gasteiger charge is -2.08. The van der Waals surface area contributed by atoms with E-state index in [4.69, 9.17) is 4.74 Å². The Kier molecular flexibility index (Phi) is 4.50. The Bertz CT molecular complexity index is 331. The molecule has 1 atom stereocenters. The maximum absolute atomic E-state index is 5.57. The molecular formula is C12H22N4O. The van der Waals surface area contributed by atoms with Gasteiger partial charge in [-0.05, 0) is 25.3 Å². The average Bonchev–Trinajstić information content (AvgIpc) is 2.90. The maximum Gasteiger partial charge on any atom is 0.164 e. The summed E-state index contributed by atoms with van der Waals surface area (Å²) in [7, 11) is 0. The van der Waals surface area contributed by atoms with Gasteiger partial charge in [0.25, 0.3) is 0 Å². The van der Waals surface area contributed by atoms with Gasteiger partial charge in [0.05, 0.1) is 19.2 Å². The molecule has 0 aromatic carbocycles. The zero-order valence-electron chi connectivity index (χ0n) is 10.7. The van der Waals surface area contributed by atoms with E-state index >= 15 is 0 Å². The molecule has 1 aromatic heterocycles. The first-order valence-electron chi connectivity index (χ1n) is 6.44. The second-order valence-electron chi connectivity index (χ2n) is 5.04. The summed E-state index contributed by atoms with van der Waals surface area (Å²) in [6.07, 6.45) is 4.44. The van der Waals surface area contributed by atoms with Gasteiger partial charge in [-0.2, -0.15) is 5.10 Å². The van der Waals surface area contributed by atoms with Crippen molar-refractivity contribution in [3.63, 3.8) is 0 Å². The molecule has 1 saturated heterocycles. The van der Waals surface area contributed by atoms with E-state index in [1.807, 2.05) is 4.68 Å². The van der Waals surface area contributed by atoms with Crippen molar-refractivity contribution in [3.8, 4) is 0 Å². The van der Waals surface area contributed by atoms with Crippen molar-refractivity contribution >= 4 is 0 Å². The molecule has 1 fully saturated rings. The van der Waals surface area contributed by atoms with E-state index in [1.165, 1.54) is 6.42 Å². The number of nitrogens with one attached hydrogen (secondary N) is 1. The van der Waals surface area contributed by atoms with Crippen molar-refractivity contribution in [2.24, 2.45) is 5.92 Å². The minimum atomic E-state index is 0.327. The molecule has 1 aliphatic rings. The van der Waals surface area contributed by atoms with Crippen molar-refractivity contribution in [1.29, 1.82) is 0 Å². The number of hydrogen-bond acceptors (Lipinski definition) is 4. The van der Waals surface area contributed by atoms with Crippen LogP contribution < -0.4 is 5.32 Å². The summed E-state index contributed by atoms with van der Waals surface area (Å²) >= 11 is 0. The summed E-state index contributed by atoms with van der Waals surface area (Å²) in [5.41, 5.74) is 0. The summed E-state index contributed by atoms with van der Waals surface area (Å²) < 4.78 is 7.47. The molecule has 5 heteroatoms. The number of ether oxygens (including phenoxy) is 1. The molecule has 0 amide bonds. The third kappa shape index (κ3) is 4.09. The number of nitrogens with zero attached hydrogens (tertiary/aromatic N) is 3. The van der Waals surface area contributed by atoms with Crippen LogP contribution in [0.25, 0.3) is 0 Å². The Labute approximate surface area is 103 Å². The third-order valence-corrected chi connectivity index (χ3v) is 2.83. The molecule has 2 heterocycles. The van der Waals surface area contributed by atoms with E-state index < -0.39 is 0 Å². The van der Waals surface area contributed by atoms with Crippen LogP contribution in [0.15, 0.2) is 6.33 Å². The molecule has 1 aliphatic heterocycles. The summed E-state index contributed by atoms with van der Waals surface area (Å²) in [5, 5.41) is 7.77. The van der Waals surface area contributed by atoms with Gasteiger partial charge in [-0.15, -0.1) is 0 Å². The lowest BCUT2D eigenvalue weighted by molar-refractivity contribution is 0.0938. The van der Waals surface area contributed by atoms with Crippen molar-refractivity contribution in [2.75, 3.05) is 13.2 Å². The minimum Gasteiger partial charge on any atom is -0.376 e. The summed E-state index contributed by atoms with van der Waals surface area (Å²) in [6, 6.07) is 0. The highest BCUT2D eigenvalue weighted by atomic mass is 16.5. The fourth-order valence-corrected chi connectivity index (χ4v) is 1.97. The predicted molar refractivity (Wildman–Crippen MR) is 65.5 cm³/mol. The molecule has 17 heavy (non-hydrogen) atoms. The molecule has 0 aliphatic carbocycles. The van der Waals surface area contributed by atoms with Crippen LogP contribution in [0.5, 0.6) is 0 Å². The maximum atomic E-state index is 5.57. The second kappa shape index (κ2) is 6.12. The minimum absolute atomic E-state index is 0.327. The van der Waals surface area contributed by atoms with Crippen molar-refractivity contribution in [2.45, 2.75) is 45.9 Å². The van der Waals surface area contributed by atoms with Gasteiger partial charge in [-0.3, -0.25) is 4.68 Å². The molecule has 1 unspecified atom stereocenters. The van der Waals surface area contributed by atoms with Crippen molar-refractivity contribution < 1.29 is 4.74 Å². The summed E-state index contributed by atoms with van der Waals surface area (Å²) in [6.45, 7) is 7.85. The molecule has 0 bridgehead atoms.